The fraction of sp³-hybridized carbons (Fsp3) is 0.615. The number of carbonyl (C=O) groups excluding carboxylic acids is 2. The summed E-state index contributed by atoms with van der Waals surface area (Å²) in [7, 11) is 1.31. The highest BCUT2D eigenvalue weighted by Gasteiger charge is 2.35. The molecule has 0 saturated carbocycles. The van der Waals surface area contributed by atoms with E-state index < -0.39 is 12.0 Å². The first kappa shape index (κ1) is 14.5. The zero-order chi connectivity index (χ0) is 14.7. The highest BCUT2D eigenvalue weighted by Crippen LogP contribution is 2.15. The molecule has 1 aromatic rings. The number of hydrogen-bond donors (Lipinski definition) is 0. The average Bonchev–Trinajstić information content (AvgIpc) is 2.86. The molecule has 1 saturated heterocycles. The number of nitrogens with zero attached hydrogens (tertiary/aromatic N) is 3. The minimum Gasteiger partial charge on any atom is -0.467 e. The second-order valence-electron chi connectivity index (χ2n) is 4.60. The van der Waals surface area contributed by atoms with Gasteiger partial charge in [-0.2, -0.15) is 5.10 Å². The summed E-state index contributed by atoms with van der Waals surface area (Å²) < 4.78 is 11.6. The Hall–Kier alpha value is -1.89. The summed E-state index contributed by atoms with van der Waals surface area (Å²) in [5.74, 6) is -0.677. The number of morpholine rings is 1. The summed E-state index contributed by atoms with van der Waals surface area (Å²) in [6, 6.07) is 1.04. The zero-order valence-electron chi connectivity index (χ0n) is 12.0. The number of methoxy groups -OCH3 is 1. The van der Waals surface area contributed by atoms with Gasteiger partial charge in [0, 0.05) is 13.1 Å². The van der Waals surface area contributed by atoms with Crippen LogP contribution in [0.25, 0.3) is 0 Å². The number of amides is 1. The molecular formula is C13H19N3O4. The van der Waals surface area contributed by atoms with Crippen molar-refractivity contribution in [1.82, 2.24) is 14.7 Å². The predicted molar refractivity (Wildman–Crippen MR) is 70.3 cm³/mol. The lowest BCUT2D eigenvalue weighted by Crippen LogP contribution is -2.53. The first-order chi connectivity index (χ1) is 9.58. The van der Waals surface area contributed by atoms with E-state index in [1.54, 1.807) is 10.7 Å². The number of carbonyl (C=O) groups is 2. The standard InChI is InChI=1S/C13H19N3O4/c1-4-16-10(7-9(2)14-16)12(17)15-5-6-20-8-11(15)13(18)19-3/h7,11H,4-6,8H2,1-3H3. The Bertz CT molecular complexity index is 512. The first-order valence-electron chi connectivity index (χ1n) is 6.59. The summed E-state index contributed by atoms with van der Waals surface area (Å²) in [6.45, 7) is 5.30. The summed E-state index contributed by atoms with van der Waals surface area (Å²) in [5.41, 5.74) is 1.26. The number of hydrogen-bond acceptors (Lipinski definition) is 5. The molecule has 0 N–H and O–H groups in total. The van der Waals surface area contributed by atoms with Gasteiger partial charge in [-0.15, -0.1) is 0 Å². The summed E-state index contributed by atoms with van der Waals surface area (Å²) in [6.07, 6.45) is 0. The molecule has 1 aliphatic rings. The summed E-state index contributed by atoms with van der Waals surface area (Å²) >= 11 is 0. The second kappa shape index (κ2) is 6.04. The Balaban J connectivity index is 2.27. The lowest BCUT2D eigenvalue weighted by atomic mass is 10.2. The fourth-order valence-electron chi connectivity index (χ4n) is 2.28. The molecule has 1 aliphatic heterocycles. The van der Waals surface area contributed by atoms with Crippen LogP contribution in [0.5, 0.6) is 0 Å². The minimum absolute atomic E-state index is 0.164. The molecule has 110 valence electrons. The summed E-state index contributed by atoms with van der Waals surface area (Å²) in [5, 5.41) is 4.26. The van der Waals surface area contributed by atoms with E-state index in [0.717, 1.165) is 5.69 Å². The Morgan fingerprint density at radius 1 is 1.55 bits per heavy atom. The minimum atomic E-state index is -0.693. The van der Waals surface area contributed by atoms with Crippen molar-refractivity contribution in [3.8, 4) is 0 Å². The third-order valence-electron chi connectivity index (χ3n) is 3.28. The van der Waals surface area contributed by atoms with Crippen LogP contribution >= 0.6 is 0 Å². The number of ether oxygens (including phenoxy) is 2. The third-order valence-corrected chi connectivity index (χ3v) is 3.28. The number of esters is 1. The van der Waals surface area contributed by atoms with Gasteiger partial charge in [-0.05, 0) is 19.9 Å². The molecule has 0 aliphatic carbocycles. The van der Waals surface area contributed by atoms with Gasteiger partial charge in [0.05, 0.1) is 26.0 Å². The van der Waals surface area contributed by atoms with Gasteiger partial charge in [0.15, 0.2) is 6.04 Å². The van der Waals surface area contributed by atoms with Crippen LogP contribution in [-0.2, 0) is 20.8 Å². The largest absolute Gasteiger partial charge is 0.467 e. The second-order valence-corrected chi connectivity index (χ2v) is 4.60. The topological polar surface area (TPSA) is 73.7 Å². The normalized spacial score (nSPS) is 18.9. The Morgan fingerprint density at radius 2 is 2.30 bits per heavy atom. The van der Waals surface area contributed by atoms with E-state index in [9.17, 15) is 9.59 Å². The van der Waals surface area contributed by atoms with E-state index in [1.807, 2.05) is 13.8 Å². The Morgan fingerprint density at radius 3 is 2.95 bits per heavy atom. The average molecular weight is 281 g/mol. The maximum atomic E-state index is 12.6. The van der Waals surface area contributed by atoms with E-state index >= 15 is 0 Å². The number of aromatic nitrogens is 2. The molecule has 1 unspecified atom stereocenters. The van der Waals surface area contributed by atoms with Crippen molar-refractivity contribution >= 4 is 11.9 Å². The van der Waals surface area contributed by atoms with Crippen LogP contribution in [0.4, 0.5) is 0 Å². The van der Waals surface area contributed by atoms with Crippen molar-refractivity contribution < 1.29 is 19.1 Å². The Kier molecular flexibility index (Phi) is 4.39. The molecule has 1 atom stereocenters. The van der Waals surface area contributed by atoms with Gasteiger partial charge in [0.1, 0.15) is 5.69 Å². The highest BCUT2D eigenvalue weighted by atomic mass is 16.5. The van der Waals surface area contributed by atoms with Crippen LogP contribution in [0.1, 0.15) is 23.1 Å². The van der Waals surface area contributed by atoms with Gasteiger partial charge in [0.25, 0.3) is 5.91 Å². The van der Waals surface area contributed by atoms with Gasteiger partial charge in [-0.25, -0.2) is 4.79 Å². The van der Waals surface area contributed by atoms with E-state index in [-0.39, 0.29) is 12.5 Å². The molecule has 0 bridgehead atoms. The molecule has 7 nitrogen and oxygen atoms in total. The molecule has 1 amide bonds. The van der Waals surface area contributed by atoms with Crippen molar-refractivity contribution in [2.24, 2.45) is 0 Å². The van der Waals surface area contributed by atoms with Crippen LogP contribution in [0.15, 0.2) is 6.07 Å². The summed E-state index contributed by atoms with van der Waals surface area (Å²) in [4.78, 5) is 25.9. The lowest BCUT2D eigenvalue weighted by molar-refractivity contribution is -0.151. The smallest absolute Gasteiger partial charge is 0.331 e. The lowest BCUT2D eigenvalue weighted by Gasteiger charge is -2.33. The van der Waals surface area contributed by atoms with Crippen molar-refractivity contribution in [3.63, 3.8) is 0 Å². The van der Waals surface area contributed by atoms with Crippen LogP contribution < -0.4 is 0 Å². The molecule has 2 heterocycles. The molecule has 0 radical (unpaired) electrons. The van der Waals surface area contributed by atoms with E-state index in [4.69, 9.17) is 9.47 Å². The molecule has 20 heavy (non-hydrogen) atoms. The van der Waals surface area contributed by atoms with E-state index in [0.29, 0.717) is 25.4 Å². The molecule has 0 spiro atoms. The zero-order valence-corrected chi connectivity index (χ0v) is 12.0. The van der Waals surface area contributed by atoms with Gasteiger partial charge in [-0.3, -0.25) is 9.48 Å². The quantitative estimate of drug-likeness (QED) is 0.741. The number of aryl methyl sites for hydroxylation is 2. The van der Waals surface area contributed by atoms with Crippen molar-refractivity contribution in [3.05, 3.63) is 17.5 Å². The van der Waals surface area contributed by atoms with Crippen LogP contribution in [0.2, 0.25) is 0 Å². The monoisotopic (exact) mass is 281 g/mol. The SMILES string of the molecule is CCn1nc(C)cc1C(=O)N1CCOCC1C(=O)OC. The molecule has 1 aromatic heterocycles. The molecular weight excluding hydrogens is 262 g/mol. The molecule has 0 aromatic carbocycles. The maximum absolute atomic E-state index is 12.6. The molecule has 1 fully saturated rings. The predicted octanol–water partition coefficient (Wildman–Crippen LogP) is 0.225. The van der Waals surface area contributed by atoms with E-state index in [2.05, 4.69) is 5.10 Å². The highest BCUT2D eigenvalue weighted by molar-refractivity contribution is 5.95. The maximum Gasteiger partial charge on any atom is 0.331 e. The molecule has 2 rings (SSSR count). The van der Waals surface area contributed by atoms with Crippen molar-refractivity contribution in [1.29, 1.82) is 0 Å². The van der Waals surface area contributed by atoms with Gasteiger partial charge in [-0.1, -0.05) is 0 Å². The van der Waals surface area contributed by atoms with Gasteiger partial charge >= 0.3 is 5.97 Å². The van der Waals surface area contributed by atoms with Gasteiger partial charge in [0.2, 0.25) is 0 Å². The van der Waals surface area contributed by atoms with Crippen molar-refractivity contribution in [2.45, 2.75) is 26.4 Å². The van der Waals surface area contributed by atoms with Crippen molar-refractivity contribution in [2.75, 3.05) is 26.9 Å². The van der Waals surface area contributed by atoms with Crippen LogP contribution in [0, 0.1) is 6.92 Å². The van der Waals surface area contributed by atoms with Crippen LogP contribution in [-0.4, -0.2) is 59.5 Å². The van der Waals surface area contributed by atoms with Crippen LogP contribution in [0.3, 0.4) is 0 Å². The van der Waals surface area contributed by atoms with E-state index in [1.165, 1.54) is 12.0 Å². The first-order valence-corrected chi connectivity index (χ1v) is 6.59. The Labute approximate surface area is 117 Å². The van der Waals surface area contributed by atoms with Gasteiger partial charge < -0.3 is 14.4 Å². The third kappa shape index (κ3) is 2.67. The molecule has 7 heteroatoms. The number of rotatable bonds is 3. The fourth-order valence-corrected chi connectivity index (χ4v) is 2.28.